The van der Waals surface area contributed by atoms with Gasteiger partial charge in [0.1, 0.15) is 5.60 Å². The molecule has 6 heteroatoms. The number of likely N-dealkylation sites (N-methyl/N-ethyl adjacent to an activating group) is 1. The molecule has 0 aliphatic carbocycles. The Kier molecular flexibility index (Phi) is 6.05. The first kappa shape index (κ1) is 18.6. The fraction of sp³-hybridized carbons (Fsp3) is 0.941. The van der Waals surface area contributed by atoms with E-state index in [1.165, 1.54) is 0 Å². The van der Waals surface area contributed by atoms with E-state index in [0.717, 1.165) is 45.6 Å². The highest BCUT2D eigenvalue weighted by Crippen LogP contribution is 2.27. The zero-order chi connectivity index (χ0) is 17.1. The predicted octanol–water partition coefficient (Wildman–Crippen LogP) is -0.0246. The monoisotopic (exact) mass is 326 g/mol. The standard InChI is InChI=1S/C17H34N4O2/c1-5-21-12-6-16(7-13-21,19(2)3)14-18-15(22)17(23)8-10-20(4)11-9-17/h23H,5-14H2,1-4H3,(H,18,22). The van der Waals surface area contributed by atoms with Crippen molar-refractivity contribution in [1.82, 2.24) is 20.0 Å². The first-order chi connectivity index (χ1) is 10.8. The summed E-state index contributed by atoms with van der Waals surface area (Å²) >= 11 is 0. The average molecular weight is 326 g/mol. The van der Waals surface area contributed by atoms with Gasteiger partial charge < -0.3 is 25.1 Å². The number of nitrogens with one attached hydrogen (secondary N) is 1. The van der Waals surface area contributed by atoms with Gasteiger partial charge in [-0.1, -0.05) is 6.92 Å². The van der Waals surface area contributed by atoms with Gasteiger partial charge in [0.2, 0.25) is 0 Å². The molecule has 0 aromatic heterocycles. The molecule has 0 aromatic rings. The van der Waals surface area contributed by atoms with Crippen LogP contribution in [0.2, 0.25) is 0 Å². The number of amides is 1. The zero-order valence-corrected chi connectivity index (χ0v) is 15.3. The molecule has 0 aromatic carbocycles. The van der Waals surface area contributed by atoms with E-state index in [4.69, 9.17) is 0 Å². The van der Waals surface area contributed by atoms with Gasteiger partial charge in [0.05, 0.1) is 0 Å². The van der Waals surface area contributed by atoms with Gasteiger partial charge in [-0.3, -0.25) is 4.79 Å². The summed E-state index contributed by atoms with van der Waals surface area (Å²) in [5, 5.41) is 13.7. The van der Waals surface area contributed by atoms with E-state index in [1.807, 2.05) is 7.05 Å². The summed E-state index contributed by atoms with van der Waals surface area (Å²) in [6, 6.07) is 0. The van der Waals surface area contributed by atoms with E-state index in [-0.39, 0.29) is 11.4 Å². The lowest BCUT2D eigenvalue weighted by Gasteiger charge is -2.46. The number of carbonyl (C=O) groups excluding carboxylic acids is 1. The third kappa shape index (κ3) is 4.24. The van der Waals surface area contributed by atoms with Crippen molar-refractivity contribution in [2.24, 2.45) is 0 Å². The fourth-order valence-corrected chi connectivity index (χ4v) is 3.69. The Balaban J connectivity index is 1.93. The van der Waals surface area contributed by atoms with Crippen molar-refractivity contribution in [3.05, 3.63) is 0 Å². The van der Waals surface area contributed by atoms with Crippen LogP contribution in [0.3, 0.4) is 0 Å². The van der Waals surface area contributed by atoms with Crippen LogP contribution in [0.25, 0.3) is 0 Å². The molecule has 2 saturated heterocycles. The molecule has 2 aliphatic rings. The summed E-state index contributed by atoms with van der Waals surface area (Å²) in [5.41, 5.74) is -1.19. The van der Waals surface area contributed by atoms with Crippen LogP contribution in [-0.2, 0) is 4.79 Å². The Hall–Kier alpha value is -0.690. The van der Waals surface area contributed by atoms with Gasteiger partial charge in [-0.15, -0.1) is 0 Å². The number of carbonyl (C=O) groups is 1. The second-order valence-corrected chi connectivity index (χ2v) is 7.57. The van der Waals surface area contributed by atoms with E-state index in [2.05, 4.69) is 41.0 Å². The smallest absolute Gasteiger partial charge is 0.252 e. The number of nitrogens with zero attached hydrogens (tertiary/aromatic N) is 3. The number of rotatable bonds is 5. The summed E-state index contributed by atoms with van der Waals surface area (Å²) < 4.78 is 0. The van der Waals surface area contributed by atoms with Crippen molar-refractivity contribution in [1.29, 1.82) is 0 Å². The summed E-state index contributed by atoms with van der Waals surface area (Å²) in [6.07, 6.45) is 3.15. The minimum absolute atomic E-state index is 0.00312. The lowest BCUT2D eigenvalue weighted by atomic mass is 9.85. The van der Waals surface area contributed by atoms with Crippen LogP contribution in [0.1, 0.15) is 32.6 Å². The third-order valence-electron chi connectivity index (χ3n) is 6.00. The molecular weight excluding hydrogens is 292 g/mol. The maximum absolute atomic E-state index is 12.5. The Bertz CT molecular complexity index is 397. The Morgan fingerprint density at radius 2 is 1.70 bits per heavy atom. The molecule has 2 fully saturated rings. The molecule has 2 rings (SSSR count). The second-order valence-electron chi connectivity index (χ2n) is 7.57. The van der Waals surface area contributed by atoms with Crippen LogP contribution in [-0.4, -0.2) is 97.3 Å². The molecule has 0 unspecified atom stereocenters. The molecule has 2 N–H and O–H groups in total. The topological polar surface area (TPSA) is 59.1 Å². The van der Waals surface area contributed by atoms with Crippen LogP contribution in [0.15, 0.2) is 0 Å². The first-order valence-corrected chi connectivity index (χ1v) is 8.90. The highest BCUT2D eigenvalue weighted by molar-refractivity contribution is 5.85. The van der Waals surface area contributed by atoms with Gasteiger partial charge in [0.15, 0.2) is 0 Å². The van der Waals surface area contributed by atoms with Gasteiger partial charge >= 0.3 is 0 Å². The lowest BCUT2D eigenvalue weighted by Crippen LogP contribution is -2.61. The molecule has 2 heterocycles. The number of hydrogen-bond acceptors (Lipinski definition) is 5. The molecule has 1 amide bonds. The van der Waals surface area contributed by atoms with Crippen molar-refractivity contribution < 1.29 is 9.90 Å². The highest BCUT2D eigenvalue weighted by Gasteiger charge is 2.41. The van der Waals surface area contributed by atoms with Gasteiger partial charge in [-0.25, -0.2) is 0 Å². The predicted molar refractivity (Wildman–Crippen MR) is 92.5 cm³/mol. The number of hydrogen-bond donors (Lipinski definition) is 2. The minimum atomic E-state index is -1.19. The Labute approximate surface area is 140 Å². The SMILES string of the molecule is CCN1CCC(CNC(=O)C2(O)CCN(C)CC2)(N(C)C)CC1. The molecule has 0 saturated carbocycles. The van der Waals surface area contributed by atoms with Gasteiger partial charge in [0.25, 0.3) is 5.91 Å². The number of likely N-dealkylation sites (tertiary alicyclic amines) is 2. The van der Waals surface area contributed by atoms with Crippen molar-refractivity contribution in [2.75, 3.05) is 60.4 Å². The molecule has 0 bridgehead atoms. The number of aliphatic hydroxyl groups is 1. The Morgan fingerprint density at radius 3 is 2.17 bits per heavy atom. The molecule has 134 valence electrons. The molecular formula is C17H34N4O2. The average Bonchev–Trinajstić information content (AvgIpc) is 2.55. The van der Waals surface area contributed by atoms with Gasteiger partial charge in [-0.2, -0.15) is 0 Å². The van der Waals surface area contributed by atoms with Crippen LogP contribution >= 0.6 is 0 Å². The van der Waals surface area contributed by atoms with Crippen molar-refractivity contribution >= 4 is 5.91 Å². The maximum Gasteiger partial charge on any atom is 0.252 e. The van der Waals surface area contributed by atoms with Crippen molar-refractivity contribution in [3.8, 4) is 0 Å². The minimum Gasteiger partial charge on any atom is -0.380 e. The molecule has 0 atom stereocenters. The van der Waals surface area contributed by atoms with Crippen LogP contribution in [0.5, 0.6) is 0 Å². The first-order valence-electron chi connectivity index (χ1n) is 8.90. The molecule has 0 spiro atoms. The zero-order valence-electron chi connectivity index (χ0n) is 15.3. The summed E-state index contributed by atoms with van der Waals surface area (Å²) in [4.78, 5) is 19.4. The molecule has 23 heavy (non-hydrogen) atoms. The van der Waals surface area contributed by atoms with E-state index >= 15 is 0 Å². The molecule has 0 radical (unpaired) electrons. The van der Waals surface area contributed by atoms with Gasteiger partial charge in [-0.05, 0) is 66.5 Å². The highest BCUT2D eigenvalue weighted by atomic mass is 16.3. The summed E-state index contributed by atoms with van der Waals surface area (Å²) in [7, 11) is 6.22. The third-order valence-corrected chi connectivity index (χ3v) is 6.00. The van der Waals surface area contributed by atoms with Crippen LogP contribution in [0.4, 0.5) is 0 Å². The molecule has 6 nitrogen and oxygen atoms in total. The number of piperidine rings is 2. The maximum atomic E-state index is 12.5. The van der Waals surface area contributed by atoms with E-state index < -0.39 is 5.60 Å². The van der Waals surface area contributed by atoms with Crippen molar-refractivity contribution in [2.45, 2.75) is 43.7 Å². The fourth-order valence-electron chi connectivity index (χ4n) is 3.69. The lowest BCUT2D eigenvalue weighted by molar-refractivity contribution is -0.145. The normalized spacial score (nSPS) is 25.5. The van der Waals surface area contributed by atoms with E-state index in [1.54, 1.807) is 0 Å². The molecule has 2 aliphatic heterocycles. The Morgan fingerprint density at radius 1 is 1.13 bits per heavy atom. The summed E-state index contributed by atoms with van der Waals surface area (Å²) in [6.45, 7) is 7.58. The summed E-state index contributed by atoms with van der Waals surface area (Å²) in [5.74, 6) is -0.190. The quantitative estimate of drug-likeness (QED) is 0.743. The van der Waals surface area contributed by atoms with Crippen molar-refractivity contribution in [3.63, 3.8) is 0 Å². The van der Waals surface area contributed by atoms with Crippen LogP contribution in [0, 0.1) is 0 Å². The van der Waals surface area contributed by atoms with E-state index in [0.29, 0.717) is 19.4 Å². The largest absolute Gasteiger partial charge is 0.380 e. The van der Waals surface area contributed by atoms with E-state index in [9.17, 15) is 9.90 Å². The van der Waals surface area contributed by atoms with Crippen LogP contribution < -0.4 is 5.32 Å². The van der Waals surface area contributed by atoms with Gasteiger partial charge in [0, 0.05) is 25.2 Å². The second kappa shape index (κ2) is 7.47.